The Hall–Kier alpha value is -2.04. The van der Waals surface area contributed by atoms with Gasteiger partial charge in [0.15, 0.2) is 0 Å². The SMILES string of the molecule is CCN(C)c1ccc(S(=O)NC)cc1Nc1ncnc(N)c1C(=N)Br. The van der Waals surface area contributed by atoms with Gasteiger partial charge in [0.25, 0.3) is 0 Å². The standard InChI is InChI=1S/C15H20BrN7OS/c1-4-23(3)11-6-5-9(25(24)19-2)7-10(11)22-15-12(13(16)17)14(18)20-8-21-15/h5-8,17,19H,4H2,1-3H3,(H3,18,20,21,22). The predicted molar refractivity (Wildman–Crippen MR) is 106 cm³/mol. The van der Waals surface area contributed by atoms with Gasteiger partial charge in [0.1, 0.15) is 33.6 Å². The zero-order valence-corrected chi connectivity index (χ0v) is 16.5. The highest BCUT2D eigenvalue weighted by Crippen LogP contribution is 2.32. The lowest BCUT2D eigenvalue weighted by atomic mass is 10.2. The maximum atomic E-state index is 12.1. The van der Waals surface area contributed by atoms with Crippen LogP contribution < -0.4 is 20.7 Å². The lowest BCUT2D eigenvalue weighted by Gasteiger charge is -2.22. The topological polar surface area (TPSA) is 120 Å². The average Bonchev–Trinajstić information content (AvgIpc) is 2.60. The second-order valence-electron chi connectivity index (χ2n) is 5.09. The van der Waals surface area contributed by atoms with Crippen LogP contribution >= 0.6 is 15.9 Å². The van der Waals surface area contributed by atoms with Crippen LogP contribution in [0.5, 0.6) is 0 Å². The van der Waals surface area contributed by atoms with E-state index < -0.39 is 11.0 Å². The number of nitrogens with two attached hydrogens (primary N) is 1. The summed E-state index contributed by atoms with van der Waals surface area (Å²) in [4.78, 5) is 10.8. The van der Waals surface area contributed by atoms with Crippen LogP contribution in [0.4, 0.5) is 23.0 Å². The van der Waals surface area contributed by atoms with E-state index in [1.807, 2.05) is 24.9 Å². The third kappa shape index (κ3) is 4.33. The Balaban J connectivity index is 2.55. The van der Waals surface area contributed by atoms with Crippen LogP contribution in [0.1, 0.15) is 12.5 Å². The third-order valence-corrected chi connectivity index (χ3v) is 5.05. The number of anilines is 4. The van der Waals surface area contributed by atoms with E-state index in [0.29, 0.717) is 22.0 Å². The van der Waals surface area contributed by atoms with Crippen molar-refractivity contribution in [2.45, 2.75) is 11.8 Å². The number of nitrogen functional groups attached to an aromatic ring is 1. The first-order valence-electron chi connectivity index (χ1n) is 7.45. The summed E-state index contributed by atoms with van der Waals surface area (Å²) in [5.74, 6) is 0.590. The molecule has 0 bridgehead atoms. The molecule has 0 amide bonds. The van der Waals surface area contributed by atoms with E-state index in [0.717, 1.165) is 12.2 Å². The van der Waals surface area contributed by atoms with Crippen LogP contribution in [0, 0.1) is 5.41 Å². The van der Waals surface area contributed by atoms with Crippen molar-refractivity contribution in [3.05, 3.63) is 30.1 Å². The van der Waals surface area contributed by atoms with Crippen LogP contribution in [0.15, 0.2) is 29.4 Å². The molecule has 0 saturated carbocycles. The highest BCUT2D eigenvalue weighted by Gasteiger charge is 2.16. The van der Waals surface area contributed by atoms with Crippen molar-refractivity contribution >= 4 is 54.5 Å². The molecule has 2 rings (SSSR count). The Kier molecular flexibility index (Phi) is 6.45. The smallest absolute Gasteiger partial charge is 0.146 e. The molecule has 0 fully saturated rings. The molecule has 10 heteroatoms. The first-order chi connectivity index (χ1) is 11.9. The van der Waals surface area contributed by atoms with Gasteiger partial charge in [-0.2, -0.15) is 0 Å². The summed E-state index contributed by atoms with van der Waals surface area (Å²) in [6.45, 7) is 2.82. The van der Waals surface area contributed by atoms with Gasteiger partial charge in [-0.05, 0) is 48.1 Å². The molecule has 0 spiro atoms. The lowest BCUT2D eigenvalue weighted by Crippen LogP contribution is -2.18. The van der Waals surface area contributed by atoms with Crippen LogP contribution in [-0.4, -0.2) is 39.4 Å². The number of hydrogen-bond donors (Lipinski definition) is 4. The summed E-state index contributed by atoms with van der Waals surface area (Å²) < 4.78 is 14.9. The van der Waals surface area contributed by atoms with Gasteiger partial charge in [-0.1, -0.05) is 0 Å². The maximum absolute atomic E-state index is 12.1. The fraction of sp³-hybridized carbons (Fsp3) is 0.267. The first-order valence-corrected chi connectivity index (χ1v) is 9.39. The van der Waals surface area contributed by atoms with Gasteiger partial charge < -0.3 is 16.0 Å². The van der Waals surface area contributed by atoms with Crippen molar-refractivity contribution in [3.63, 3.8) is 0 Å². The number of halogens is 1. The van der Waals surface area contributed by atoms with E-state index in [9.17, 15) is 4.21 Å². The minimum Gasteiger partial charge on any atom is -0.383 e. The Morgan fingerprint density at radius 1 is 1.44 bits per heavy atom. The van der Waals surface area contributed by atoms with Gasteiger partial charge in [0, 0.05) is 13.6 Å². The highest BCUT2D eigenvalue weighted by atomic mass is 79.9. The molecule has 25 heavy (non-hydrogen) atoms. The summed E-state index contributed by atoms with van der Waals surface area (Å²) in [5, 5.41) is 11.0. The van der Waals surface area contributed by atoms with Crippen molar-refractivity contribution in [2.24, 2.45) is 0 Å². The molecule has 134 valence electrons. The second-order valence-corrected chi connectivity index (χ2v) is 7.30. The van der Waals surface area contributed by atoms with Crippen molar-refractivity contribution < 1.29 is 4.21 Å². The van der Waals surface area contributed by atoms with Gasteiger partial charge in [-0.3, -0.25) is 5.41 Å². The quantitative estimate of drug-likeness (QED) is 0.504. The number of aromatic nitrogens is 2. The molecule has 1 unspecified atom stereocenters. The highest BCUT2D eigenvalue weighted by molar-refractivity contribution is 9.18. The maximum Gasteiger partial charge on any atom is 0.146 e. The minimum absolute atomic E-state index is 0.0773. The van der Waals surface area contributed by atoms with Crippen molar-refractivity contribution in [2.75, 3.05) is 36.6 Å². The Morgan fingerprint density at radius 3 is 2.76 bits per heavy atom. The largest absolute Gasteiger partial charge is 0.383 e. The number of nitrogens with zero attached hydrogens (tertiary/aromatic N) is 3. The van der Waals surface area contributed by atoms with E-state index >= 15 is 0 Å². The molecular weight excluding hydrogens is 406 g/mol. The monoisotopic (exact) mass is 425 g/mol. The van der Waals surface area contributed by atoms with E-state index in [1.165, 1.54) is 6.33 Å². The van der Waals surface area contributed by atoms with Crippen LogP contribution in [0.2, 0.25) is 0 Å². The van der Waals surface area contributed by atoms with Gasteiger partial charge in [-0.25, -0.2) is 18.9 Å². The third-order valence-electron chi connectivity index (χ3n) is 3.60. The fourth-order valence-corrected chi connectivity index (χ4v) is 3.23. The summed E-state index contributed by atoms with van der Waals surface area (Å²) in [7, 11) is 2.27. The normalized spacial score (nSPS) is 11.8. The summed E-state index contributed by atoms with van der Waals surface area (Å²) in [5.41, 5.74) is 7.85. The van der Waals surface area contributed by atoms with E-state index in [1.54, 1.807) is 19.2 Å². The number of rotatable bonds is 7. The fourth-order valence-electron chi connectivity index (χ4n) is 2.19. The number of benzene rings is 1. The molecule has 0 saturated heterocycles. The zero-order valence-electron chi connectivity index (χ0n) is 14.1. The van der Waals surface area contributed by atoms with Crippen LogP contribution in [-0.2, 0) is 11.0 Å². The molecule has 1 aromatic heterocycles. The number of nitrogens with one attached hydrogen (secondary N) is 3. The molecular formula is C15H20BrN7OS. The molecule has 0 radical (unpaired) electrons. The van der Waals surface area contributed by atoms with Crippen molar-refractivity contribution in [1.82, 2.24) is 14.7 Å². The molecule has 2 aromatic rings. The molecule has 1 heterocycles. The zero-order chi connectivity index (χ0) is 18.6. The Morgan fingerprint density at radius 2 is 2.16 bits per heavy atom. The summed E-state index contributed by atoms with van der Waals surface area (Å²) in [6.07, 6.45) is 1.33. The van der Waals surface area contributed by atoms with Gasteiger partial charge in [-0.15, -0.1) is 0 Å². The molecule has 0 aliphatic heterocycles. The average molecular weight is 426 g/mol. The second kappa shape index (κ2) is 8.37. The van der Waals surface area contributed by atoms with Crippen molar-refractivity contribution in [1.29, 1.82) is 5.41 Å². The minimum atomic E-state index is -1.32. The molecule has 8 nitrogen and oxygen atoms in total. The van der Waals surface area contributed by atoms with E-state index in [4.69, 9.17) is 11.1 Å². The van der Waals surface area contributed by atoms with Crippen LogP contribution in [0.25, 0.3) is 0 Å². The Labute approximate surface area is 157 Å². The lowest BCUT2D eigenvalue weighted by molar-refractivity contribution is 0.678. The first kappa shape index (κ1) is 19.3. The molecule has 0 aliphatic carbocycles. The molecule has 5 N–H and O–H groups in total. The Bertz CT molecular complexity index is 814. The molecule has 1 aromatic carbocycles. The molecule has 0 aliphatic rings. The summed E-state index contributed by atoms with van der Waals surface area (Å²) >= 11 is 3.12. The van der Waals surface area contributed by atoms with Crippen molar-refractivity contribution in [3.8, 4) is 0 Å². The van der Waals surface area contributed by atoms with Gasteiger partial charge in [0.2, 0.25) is 0 Å². The van der Waals surface area contributed by atoms with Crippen LogP contribution in [0.3, 0.4) is 0 Å². The molecule has 1 atom stereocenters. The number of hydrogen-bond acceptors (Lipinski definition) is 7. The van der Waals surface area contributed by atoms with E-state index in [2.05, 4.69) is 35.9 Å². The predicted octanol–water partition coefficient (Wildman–Crippen LogP) is 2.22. The van der Waals surface area contributed by atoms with Gasteiger partial charge >= 0.3 is 0 Å². The van der Waals surface area contributed by atoms with Gasteiger partial charge in [0.05, 0.1) is 21.8 Å². The summed E-state index contributed by atoms with van der Waals surface area (Å²) in [6, 6.07) is 5.48. The van der Waals surface area contributed by atoms with E-state index in [-0.39, 0.29) is 10.4 Å².